The van der Waals surface area contributed by atoms with Crippen molar-refractivity contribution < 1.29 is 36.7 Å². The van der Waals surface area contributed by atoms with Gasteiger partial charge in [0.25, 0.3) is 0 Å². The van der Waals surface area contributed by atoms with Gasteiger partial charge in [0.15, 0.2) is 0 Å². The van der Waals surface area contributed by atoms with Gasteiger partial charge in [-0.1, -0.05) is 12.7 Å². The molecular formula is C9H10F3NO3S. The van der Waals surface area contributed by atoms with E-state index in [1.165, 1.54) is 0 Å². The number of alkyl halides is 3. The van der Waals surface area contributed by atoms with E-state index in [0.29, 0.717) is 0 Å². The Labute approximate surface area is 108 Å². The molecule has 0 aromatic heterocycles. The van der Waals surface area contributed by atoms with E-state index in [-0.39, 0.29) is 6.08 Å². The van der Waals surface area contributed by atoms with Gasteiger partial charge in [-0.3, -0.25) is 0 Å². The summed E-state index contributed by atoms with van der Waals surface area (Å²) in [6.07, 6.45) is -14.3. The minimum Gasteiger partial charge on any atom is -0.380 e. The summed E-state index contributed by atoms with van der Waals surface area (Å²) >= 11 is 0. The molecule has 17 heavy (non-hydrogen) atoms. The quantitative estimate of drug-likeness (QED) is 0.344. The van der Waals surface area contributed by atoms with Crippen molar-refractivity contribution in [1.82, 2.24) is 0 Å². The van der Waals surface area contributed by atoms with Crippen LogP contribution in [0, 0.1) is 17.2 Å². The second-order valence-corrected chi connectivity index (χ2v) is 4.17. The molecule has 0 bridgehead atoms. The fourth-order valence-electron chi connectivity index (χ4n) is 0.788. The van der Waals surface area contributed by atoms with Crippen molar-refractivity contribution in [2.45, 2.75) is 31.0 Å². The Hall–Kier alpha value is -1.23. The normalized spacial score (nSPS) is 37.9. The number of nitriles is 1. The summed E-state index contributed by atoms with van der Waals surface area (Å²) in [4.78, 5) is 0. The van der Waals surface area contributed by atoms with Crippen molar-refractivity contribution >= 4 is 10.1 Å². The number of rotatable bonds is 3. The van der Waals surface area contributed by atoms with Gasteiger partial charge in [0.1, 0.15) is 5.76 Å². The molecule has 0 aliphatic heterocycles. The van der Waals surface area contributed by atoms with E-state index in [1.807, 2.05) is 0 Å². The molecule has 1 fully saturated rings. The fraction of sp³-hybridized carbons (Fsp3) is 0.667. The number of hydrogen-bond acceptors (Lipinski definition) is 4. The van der Waals surface area contributed by atoms with Crippen LogP contribution in [-0.2, 0) is 14.3 Å². The maximum absolute atomic E-state index is 12.5. The molecule has 8 heteroatoms. The first-order chi connectivity index (χ1) is 10.8. The summed E-state index contributed by atoms with van der Waals surface area (Å²) in [7, 11) is -6.43. The van der Waals surface area contributed by atoms with Gasteiger partial charge in [0, 0.05) is 16.9 Å². The standard InChI is InChI=1S/C9H10F3NO3S/c10-9(11,12)17(14,15)16-8(5-6-13)7-3-1-2-4-7/h5,7H,1-4H2/i1D2,2D2,3D2,4D2. The van der Waals surface area contributed by atoms with E-state index in [4.69, 9.17) is 16.2 Å². The molecule has 96 valence electrons. The van der Waals surface area contributed by atoms with E-state index in [0.717, 1.165) is 6.07 Å². The highest BCUT2D eigenvalue weighted by atomic mass is 32.2. The second kappa shape index (κ2) is 4.96. The molecule has 0 aromatic carbocycles. The van der Waals surface area contributed by atoms with Gasteiger partial charge in [-0.15, -0.1) is 0 Å². The number of allylic oxidation sites excluding steroid dienone is 2. The Balaban J connectivity index is 3.64. The van der Waals surface area contributed by atoms with Crippen LogP contribution in [0.4, 0.5) is 13.2 Å². The average Bonchev–Trinajstić information content (AvgIpc) is 2.41. The van der Waals surface area contributed by atoms with Gasteiger partial charge in [0.2, 0.25) is 0 Å². The molecule has 0 unspecified atom stereocenters. The van der Waals surface area contributed by atoms with E-state index >= 15 is 0 Å². The van der Waals surface area contributed by atoms with Gasteiger partial charge < -0.3 is 4.18 Å². The van der Waals surface area contributed by atoms with Crippen LogP contribution < -0.4 is 0 Å². The molecule has 1 saturated carbocycles. The molecule has 4 nitrogen and oxygen atoms in total. The molecule has 1 aliphatic carbocycles. The third kappa shape index (κ3) is 3.36. The second-order valence-electron chi connectivity index (χ2n) is 2.63. The first kappa shape index (κ1) is 6.09. The van der Waals surface area contributed by atoms with Gasteiger partial charge >= 0.3 is 15.6 Å². The van der Waals surface area contributed by atoms with Crippen molar-refractivity contribution in [3.8, 4) is 6.07 Å². The molecule has 0 saturated heterocycles. The highest BCUT2D eigenvalue weighted by molar-refractivity contribution is 7.87. The Morgan fingerprint density at radius 1 is 1.47 bits per heavy atom. The van der Waals surface area contributed by atoms with Crippen LogP contribution in [0.3, 0.4) is 0 Å². The van der Waals surface area contributed by atoms with Crippen LogP contribution in [0.2, 0.25) is 0 Å². The summed E-state index contributed by atoms with van der Waals surface area (Å²) in [6.45, 7) is 0. The Kier molecular flexibility index (Phi) is 1.78. The lowest BCUT2D eigenvalue weighted by atomic mass is 10.1. The summed E-state index contributed by atoms with van der Waals surface area (Å²) in [5.41, 5.74) is -5.99. The van der Waals surface area contributed by atoms with Gasteiger partial charge in [-0.25, -0.2) is 0 Å². The predicted octanol–water partition coefficient (Wildman–Crippen LogP) is 2.45. The monoisotopic (exact) mass is 277 g/mol. The maximum atomic E-state index is 12.5. The molecular weight excluding hydrogens is 259 g/mol. The molecule has 0 atom stereocenters. The third-order valence-corrected chi connectivity index (χ3v) is 2.46. The van der Waals surface area contributed by atoms with Gasteiger partial charge in [-0.05, 0) is 12.7 Å². The zero-order chi connectivity index (χ0) is 20.3. The van der Waals surface area contributed by atoms with Crippen LogP contribution in [0.15, 0.2) is 11.8 Å². The maximum Gasteiger partial charge on any atom is 0.534 e. The van der Waals surface area contributed by atoms with Crippen LogP contribution in [0.1, 0.15) is 36.5 Å². The van der Waals surface area contributed by atoms with Crippen molar-refractivity contribution in [1.29, 1.82) is 5.26 Å². The molecule has 0 aromatic rings. The number of nitrogens with zero attached hydrogens (tertiary/aromatic N) is 1. The Morgan fingerprint density at radius 3 is 2.41 bits per heavy atom. The minimum atomic E-state index is -6.43. The van der Waals surface area contributed by atoms with Crippen molar-refractivity contribution in [3.05, 3.63) is 11.8 Å². The van der Waals surface area contributed by atoms with E-state index in [9.17, 15) is 21.6 Å². The molecule has 1 aliphatic rings. The van der Waals surface area contributed by atoms with Crippen LogP contribution in [-0.4, -0.2) is 13.9 Å². The van der Waals surface area contributed by atoms with E-state index in [2.05, 4.69) is 4.18 Å². The summed E-state index contributed by atoms with van der Waals surface area (Å²) in [5, 5.41) is 8.58. The van der Waals surface area contributed by atoms with Crippen molar-refractivity contribution in [3.63, 3.8) is 0 Å². The summed E-state index contributed by atoms with van der Waals surface area (Å²) in [5.74, 6) is -4.48. The zero-order valence-electron chi connectivity index (χ0n) is 15.9. The van der Waals surface area contributed by atoms with Gasteiger partial charge in [0.05, 0.1) is 12.1 Å². The molecule has 0 radical (unpaired) electrons. The summed E-state index contributed by atoms with van der Waals surface area (Å²) < 4.78 is 124. The van der Waals surface area contributed by atoms with Crippen molar-refractivity contribution in [2.24, 2.45) is 5.92 Å². The SMILES string of the molecule is [2H]C1([2H])C(C(=CC#N)OS(=O)(=O)C(F)(F)F)C([2H])([2H])C([2H])([2H])C1([2H])[2H]. The minimum absolute atomic E-state index is 0.0406. The van der Waals surface area contributed by atoms with Gasteiger partial charge in [-0.2, -0.15) is 26.9 Å². The largest absolute Gasteiger partial charge is 0.534 e. The lowest BCUT2D eigenvalue weighted by molar-refractivity contribution is -0.0526. The highest BCUT2D eigenvalue weighted by Crippen LogP contribution is 2.35. The zero-order valence-corrected chi connectivity index (χ0v) is 8.69. The molecule has 0 amide bonds. The Morgan fingerprint density at radius 2 is 2.00 bits per heavy atom. The summed E-state index contributed by atoms with van der Waals surface area (Å²) in [6, 6.07) is 1.05. The molecule has 0 spiro atoms. The average molecular weight is 277 g/mol. The Bertz CT molecular complexity index is 714. The lowest BCUT2D eigenvalue weighted by Crippen LogP contribution is -2.26. The molecule has 0 N–H and O–H groups in total. The van der Waals surface area contributed by atoms with Crippen LogP contribution >= 0.6 is 0 Å². The lowest BCUT2D eigenvalue weighted by Gasteiger charge is -2.15. The first-order valence-corrected chi connectivity index (χ1v) is 5.30. The number of hydrogen-bond donors (Lipinski definition) is 0. The fourth-order valence-corrected chi connectivity index (χ4v) is 1.28. The number of halogens is 3. The predicted molar refractivity (Wildman–Crippen MR) is 51.7 cm³/mol. The topological polar surface area (TPSA) is 67.2 Å². The molecule has 1 rings (SSSR count). The van der Waals surface area contributed by atoms with E-state index < -0.39 is 52.8 Å². The molecule has 0 heterocycles. The highest BCUT2D eigenvalue weighted by Gasteiger charge is 2.49. The van der Waals surface area contributed by atoms with Crippen molar-refractivity contribution in [2.75, 3.05) is 0 Å². The van der Waals surface area contributed by atoms with E-state index in [1.54, 1.807) is 0 Å². The van der Waals surface area contributed by atoms with Crippen LogP contribution in [0.5, 0.6) is 0 Å². The first-order valence-electron chi connectivity index (χ1n) is 7.89. The smallest absolute Gasteiger partial charge is 0.380 e. The van der Waals surface area contributed by atoms with Crippen LogP contribution in [0.25, 0.3) is 0 Å². The third-order valence-electron chi connectivity index (χ3n) is 1.48.